The van der Waals surface area contributed by atoms with Crippen LogP contribution < -0.4 is 5.56 Å². The summed E-state index contributed by atoms with van der Waals surface area (Å²) in [6, 6.07) is 8.80. The molecule has 0 aliphatic carbocycles. The van der Waals surface area contributed by atoms with Gasteiger partial charge in [-0.1, -0.05) is 29.4 Å². The molecule has 0 unspecified atom stereocenters. The molecule has 1 aliphatic rings. The number of hydrogen-bond donors (Lipinski definition) is 0. The first-order valence-corrected chi connectivity index (χ1v) is 8.69. The smallest absolute Gasteiger partial charge is 0.298 e. The molecule has 0 amide bonds. The number of hydrogen-bond acceptors (Lipinski definition) is 5. The lowest BCUT2D eigenvalue weighted by molar-refractivity contribution is 0.186. The number of fused-ring (bicyclic) bond motifs is 1. The molecule has 6 nitrogen and oxygen atoms in total. The first kappa shape index (κ1) is 16.0. The molecule has 1 saturated heterocycles. The minimum Gasteiger partial charge on any atom is -0.360 e. The lowest BCUT2D eigenvalue weighted by atomic mass is 10.00. The molecule has 0 bridgehead atoms. The van der Waals surface area contributed by atoms with E-state index < -0.39 is 0 Å². The summed E-state index contributed by atoms with van der Waals surface area (Å²) in [5, 5.41) is 9.18. The Hall–Kier alpha value is -2.47. The standard InChI is InChI=1S/C19H22N4O2/c1-12-7-4-5-8-15(12)16-9-6-10-22(16)11-23-19(24)18-17(13(2)20-23)14(3)25-21-18/h4-5,7-8,16H,6,9-11H2,1-3H3/t16-/m1/s1. The molecule has 0 radical (unpaired) electrons. The highest BCUT2D eigenvalue weighted by molar-refractivity contribution is 5.81. The van der Waals surface area contributed by atoms with Gasteiger partial charge < -0.3 is 4.52 Å². The summed E-state index contributed by atoms with van der Waals surface area (Å²) in [6.07, 6.45) is 2.22. The average Bonchev–Trinajstić information content (AvgIpc) is 3.20. The van der Waals surface area contributed by atoms with Crippen molar-refractivity contribution in [1.82, 2.24) is 19.8 Å². The number of benzene rings is 1. The molecule has 130 valence electrons. The third-order valence-electron chi connectivity index (χ3n) is 5.16. The second-order valence-corrected chi connectivity index (χ2v) is 6.82. The normalized spacial score (nSPS) is 18.3. The quantitative estimate of drug-likeness (QED) is 0.734. The van der Waals surface area contributed by atoms with Crippen LogP contribution in [0.4, 0.5) is 0 Å². The fourth-order valence-corrected chi connectivity index (χ4v) is 3.92. The summed E-state index contributed by atoms with van der Waals surface area (Å²) in [4.78, 5) is 15.1. The van der Waals surface area contributed by atoms with Crippen molar-refractivity contribution in [3.63, 3.8) is 0 Å². The second kappa shape index (κ2) is 6.11. The highest BCUT2D eigenvalue weighted by Gasteiger charge is 2.28. The third kappa shape index (κ3) is 2.66. The predicted octanol–water partition coefficient (Wildman–Crippen LogP) is 3.10. The van der Waals surface area contributed by atoms with Gasteiger partial charge in [-0.3, -0.25) is 9.69 Å². The first-order chi connectivity index (χ1) is 12.1. The van der Waals surface area contributed by atoms with E-state index in [9.17, 15) is 4.79 Å². The largest absolute Gasteiger partial charge is 0.360 e. The van der Waals surface area contributed by atoms with E-state index in [1.54, 1.807) is 0 Å². The Balaban J connectivity index is 1.70. The molecule has 1 aliphatic heterocycles. The molecule has 2 aromatic heterocycles. The van der Waals surface area contributed by atoms with Gasteiger partial charge in [0.2, 0.25) is 0 Å². The van der Waals surface area contributed by atoms with Gasteiger partial charge in [0, 0.05) is 12.6 Å². The average molecular weight is 338 g/mol. The SMILES string of the molecule is Cc1ccccc1[C@H]1CCCN1Cn1nc(C)c2c(C)onc2c1=O. The zero-order valence-corrected chi connectivity index (χ0v) is 14.8. The Kier molecular flexibility index (Phi) is 3.92. The van der Waals surface area contributed by atoms with Crippen molar-refractivity contribution >= 4 is 10.9 Å². The summed E-state index contributed by atoms with van der Waals surface area (Å²) in [7, 11) is 0. The maximum Gasteiger partial charge on any atom is 0.298 e. The summed E-state index contributed by atoms with van der Waals surface area (Å²) in [6.45, 7) is 7.28. The van der Waals surface area contributed by atoms with Gasteiger partial charge in [-0.2, -0.15) is 5.10 Å². The molecule has 0 spiro atoms. The monoisotopic (exact) mass is 338 g/mol. The van der Waals surface area contributed by atoms with Crippen LogP contribution >= 0.6 is 0 Å². The van der Waals surface area contributed by atoms with E-state index in [0.29, 0.717) is 24.0 Å². The van der Waals surface area contributed by atoms with E-state index >= 15 is 0 Å². The van der Waals surface area contributed by atoms with Gasteiger partial charge in [-0.15, -0.1) is 0 Å². The van der Waals surface area contributed by atoms with Crippen LogP contribution in [0.25, 0.3) is 10.9 Å². The first-order valence-electron chi connectivity index (χ1n) is 8.69. The third-order valence-corrected chi connectivity index (χ3v) is 5.16. The molecule has 3 heterocycles. The summed E-state index contributed by atoms with van der Waals surface area (Å²) >= 11 is 0. The maximum atomic E-state index is 12.7. The Morgan fingerprint density at radius 2 is 2.04 bits per heavy atom. The minimum atomic E-state index is -0.187. The number of rotatable bonds is 3. The summed E-state index contributed by atoms with van der Waals surface area (Å²) in [5.74, 6) is 0.642. The zero-order chi connectivity index (χ0) is 17.6. The van der Waals surface area contributed by atoms with E-state index in [2.05, 4.69) is 46.3 Å². The van der Waals surface area contributed by atoms with Crippen LogP contribution in [0.5, 0.6) is 0 Å². The van der Waals surface area contributed by atoms with E-state index in [1.807, 2.05) is 13.8 Å². The van der Waals surface area contributed by atoms with Crippen LogP contribution in [0.1, 0.15) is 41.5 Å². The zero-order valence-electron chi connectivity index (χ0n) is 14.8. The van der Waals surface area contributed by atoms with Crippen molar-refractivity contribution in [2.75, 3.05) is 6.54 Å². The second-order valence-electron chi connectivity index (χ2n) is 6.82. The number of aromatic nitrogens is 3. The molecule has 25 heavy (non-hydrogen) atoms. The molecular weight excluding hydrogens is 316 g/mol. The Morgan fingerprint density at radius 1 is 1.24 bits per heavy atom. The number of aryl methyl sites for hydroxylation is 3. The van der Waals surface area contributed by atoms with Gasteiger partial charge in [0.15, 0.2) is 5.52 Å². The Labute approximate surface area is 146 Å². The van der Waals surface area contributed by atoms with Gasteiger partial charge >= 0.3 is 0 Å². The molecular formula is C19H22N4O2. The fraction of sp³-hybridized carbons (Fsp3) is 0.421. The molecule has 1 fully saturated rings. The van der Waals surface area contributed by atoms with Crippen molar-refractivity contribution in [2.45, 2.75) is 46.3 Å². The van der Waals surface area contributed by atoms with Crippen LogP contribution in [-0.2, 0) is 6.67 Å². The molecule has 1 aromatic carbocycles. The van der Waals surface area contributed by atoms with E-state index in [1.165, 1.54) is 15.8 Å². The molecule has 0 N–H and O–H groups in total. The van der Waals surface area contributed by atoms with Crippen LogP contribution in [0.2, 0.25) is 0 Å². The number of nitrogens with zero attached hydrogens (tertiary/aromatic N) is 4. The lowest BCUT2D eigenvalue weighted by Gasteiger charge is -2.26. The van der Waals surface area contributed by atoms with Crippen LogP contribution in [0.15, 0.2) is 33.6 Å². The summed E-state index contributed by atoms with van der Waals surface area (Å²) < 4.78 is 6.71. The number of likely N-dealkylation sites (tertiary alicyclic amines) is 1. The van der Waals surface area contributed by atoms with E-state index in [0.717, 1.165) is 30.5 Å². The van der Waals surface area contributed by atoms with Crippen molar-refractivity contribution in [1.29, 1.82) is 0 Å². The van der Waals surface area contributed by atoms with Gasteiger partial charge in [-0.25, -0.2) is 4.68 Å². The molecule has 0 saturated carbocycles. The van der Waals surface area contributed by atoms with Crippen molar-refractivity contribution < 1.29 is 4.52 Å². The predicted molar refractivity (Wildman–Crippen MR) is 95.4 cm³/mol. The van der Waals surface area contributed by atoms with E-state index in [-0.39, 0.29) is 5.56 Å². The van der Waals surface area contributed by atoms with Gasteiger partial charge in [-0.05, 0) is 44.7 Å². The Morgan fingerprint density at radius 3 is 2.84 bits per heavy atom. The topological polar surface area (TPSA) is 64.2 Å². The van der Waals surface area contributed by atoms with Crippen LogP contribution in [0, 0.1) is 20.8 Å². The highest BCUT2D eigenvalue weighted by Crippen LogP contribution is 2.33. The van der Waals surface area contributed by atoms with Gasteiger partial charge in [0.25, 0.3) is 5.56 Å². The van der Waals surface area contributed by atoms with Crippen molar-refractivity contribution in [3.05, 3.63) is 57.2 Å². The molecule has 1 atom stereocenters. The summed E-state index contributed by atoms with van der Waals surface area (Å²) in [5.41, 5.74) is 3.59. The van der Waals surface area contributed by atoms with Gasteiger partial charge in [0.1, 0.15) is 5.76 Å². The molecule has 6 heteroatoms. The van der Waals surface area contributed by atoms with Crippen LogP contribution in [-0.4, -0.2) is 26.4 Å². The lowest BCUT2D eigenvalue weighted by Crippen LogP contribution is -2.34. The highest BCUT2D eigenvalue weighted by atomic mass is 16.5. The van der Waals surface area contributed by atoms with Crippen molar-refractivity contribution in [2.24, 2.45) is 0 Å². The fourth-order valence-electron chi connectivity index (χ4n) is 3.92. The van der Waals surface area contributed by atoms with Crippen molar-refractivity contribution in [3.8, 4) is 0 Å². The molecule has 4 rings (SSSR count). The Bertz CT molecular complexity index is 989. The van der Waals surface area contributed by atoms with Crippen LogP contribution in [0.3, 0.4) is 0 Å². The van der Waals surface area contributed by atoms with Gasteiger partial charge in [0.05, 0.1) is 17.7 Å². The van der Waals surface area contributed by atoms with E-state index in [4.69, 9.17) is 4.52 Å². The molecule has 3 aromatic rings. The maximum absolute atomic E-state index is 12.7. The minimum absolute atomic E-state index is 0.187.